The van der Waals surface area contributed by atoms with Crippen molar-refractivity contribution in [2.24, 2.45) is 5.92 Å². The number of benzene rings is 1. The Morgan fingerprint density at radius 1 is 1.30 bits per heavy atom. The number of fused-ring (bicyclic) bond motifs is 1. The van der Waals surface area contributed by atoms with Crippen molar-refractivity contribution in [3.8, 4) is 11.3 Å². The monoisotopic (exact) mass is 287 g/mol. The van der Waals surface area contributed by atoms with Gasteiger partial charge in [-0.25, -0.2) is 0 Å². The third-order valence-corrected chi connectivity index (χ3v) is 4.01. The van der Waals surface area contributed by atoms with Gasteiger partial charge < -0.3 is 4.74 Å². The molecule has 0 saturated heterocycles. The molecule has 0 spiro atoms. The topological polar surface area (TPSA) is 39.2 Å². The summed E-state index contributed by atoms with van der Waals surface area (Å²) in [7, 11) is 1.43. The second kappa shape index (κ2) is 5.25. The van der Waals surface area contributed by atoms with E-state index in [1.54, 1.807) is 6.20 Å². The fourth-order valence-corrected chi connectivity index (χ4v) is 2.98. The molecule has 1 aromatic heterocycles. The summed E-state index contributed by atoms with van der Waals surface area (Å²) in [6.45, 7) is 0. The van der Waals surface area contributed by atoms with Gasteiger partial charge in [0.1, 0.15) is 0 Å². The highest BCUT2D eigenvalue weighted by atomic mass is 35.5. The summed E-state index contributed by atoms with van der Waals surface area (Å²) in [5, 5.41) is 0.674. The van der Waals surface area contributed by atoms with Crippen LogP contribution in [0.5, 0.6) is 0 Å². The molecule has 1 aliphatic rings. The second-order valence-corrected chi connectivity index (χ2v) is 5.35. The number of hydrogen-bond acceptors (Lipinski definition) is 3. The first-order valence-electron chi connectivity index (χ1n) is 6.49. The lowest BCUT2D eigenvalue weighted by atomic mass is 10.0. The summed E-state index contributed by atoms with van der Waals surface area (Å²) in [5.74, 6) is -0.248. The van der Waals surface area contributed by atoms with E-state index in [-0.39, 0.29) is 11.9 Å². The van der Waals surface area contributed by atoms with Crippen LogP contribution in [-0.2, 0) is 22.4 Å². The van der Waals surface area contributed by atoms with Crippen LogP contribution in [0.15, 0.2) is 36.5 Å². The predicted octanol–water partition coefficient (Wildman–Crippen LogP) is 3.29. The van der Waals surface area contributed by atoms with Crippen molar-refractivity contribution in [2.45, 2.75) is 12.8 Å². The molecule has 1 atom stereocenters. The molecule has 0 amide bonds. The number of halogens is 1. The van der Waals surface area contributed by atoms with Crippen molar-refractivity contribution >= 4 is 17.6 Å². The van der Waals surface area contributed by atoms with Crippen molar-refractivity contribution in [2.75, 3.05) is 7.11 Å². The first-order valence-corrected chi connectivity index (χ1v) is 6.87. The lowest BCUT2D eigenvalue weighted by molar-refractivity contribution is -0.145. The van der Waals surface area contributed by atoms with Crippen molar-refractivity contribution < 1.29 is 9.53 Å². The van der Waals surface area contributed by atoms with Gasteiger partial charge in [-0.1, -0.05) is 17.7 Å². The van der Waals surface area contributed by atoms with Gasteiger partial charge in [0.25, 0.3) is 0 Å². The number of rotatable bonds is 2. The zero-order valence-corrected chi connectivity index (χ0v) is 11.9. The van der Waals surface area contributed by atoms with Gasteiger partial charge in [-0.05, 0) is 48.2 Å². The number of carbonyl (C=O) groups excluding carboxylic acids is 1. The van der Waals surface area contributed by atoms with Crippen molar-refractivity contribution in [3.63, 3.8) is 0 Å². The minimum absolute atomic E-state index is 0.0925. The number of pyridine rings is 1. The molecule has 0 radical (unpaired) electrons. The van der Waals surface area contributed by atoms with E-state index in [9.17, 15) is 4.79 Å². The fraction of sp³-hybridized carbons (Fsp3) is 0.250. The molecule has 1 heterocycles. The number of esters is 1. The molecule has 102 valence electrons. The van der Waals surface area contributed by atoms with Gasteiger partial charge in [-0.2, -0.15) is 0 Å². The quantitative estimate of drug-likeness (QED) is 0.796. The third kappa shape index (κ3) is 2.29. The highest BCUT2D eigenvalue weighted by Crippen LogP contribution is 2.35. The first-order chi connectivity index (χ1) is 9.69. The molecular formula is C16H14ClNO2. The molecule has 0 aliphatic heterocycles. The summed E-state index contributed by atoms with van der Waals surface area (Å²) in [4.78, 5) is 16.0. The van der Waals surface area contributed by atoms with E-state index in [0.717, 1.165) is 22.4 Å². The summed E-state index contributed by atoms with van der Waals surface area (Å²) in [6.07, 6.45) is 3.15. The van der Waals surface area contributed by atoms with Crippen LogP contribution in [0.3, 0.4) is 0 Å². The molecule has 0 N–H and O–H groups in total. The Kier molecular flexibility index (Phi) is 3.45. The number of carbonyl (C=O) groups is 1. The highest BCUT2D eigenvalue weighted by molar-refractivity contribution is 6.33. The maximum absolute atomic E-state index is 11.7. The van der Waals surface area contributed by atoms with Gasteiger partial charge in [0, 0.05) is 11.8 Å². The number of ether oxygens (including phenoxy) is 1. The average Bonchev–Trinajstić information content (AvgIpc) is 2.89. The Labute approximate surface area is 122 Å². The Balaban J connectivity index is 1.98. The zero-order valence-electron chi connectivity index (χ0n) is 11.1. The molecule has 3 rings (SSSR count). The second-order valence-electron chi connectivity index (χ2n) is 4.94. The van der Waals surface area contributed by atoms with Crippen LogP contribution in [0.25, 0.3) is 11.3 Å². The van der Waals surface area contributed by atoms with Gasteiger partial charge in [-0.15, -0.1) is 0 Å². The Bertz CT molecular complexity index is 655. The van der Waals surface area contributed by atoms with Crippen LogP contribution in [0.1, 0.15) is 11.1 Å². The summed E-state index contributed by atoms with van der Waals surface area (Å²) in [6, 6.07) is 9.73. The molecule has 0 bridgehead atoms. The number of aromatic nitrogens is 1. The molecule has 4 heteroatoms. The van der Waals surface area contributed by atoms with E-state index in [2.05, 4.69) is 4.98 Å². The minimum atomic E-state index is -0.156. The highest BCUT2D eigenvalue weighted by Gasteiger charge is 2.29. The molecule has 1 unspecified atom stereocenters. The zero-order chi connectivity index (χ0) is 14.1. The summed E-state index contributed by atoms with van der Waals surface area (Å²) in [5.41, 5.74) is 4.05. The fourth-order valence-electron chi connectivity index (χ4n) is 2.69. The van der Waals surface area contributed by atoms with Crippen molar-refractivity contribution in [3.05, 3.63) is 52.7 Å². The Morgan fingerprint density at radius 2 is 2.05 bits per heavy atom. The van der Waals surface area contributed by atoms with Crippen molar-refractivity contribution in [1.29, 1.82) is 0 Å². The predicted molar refractivity (Wildman–Crippen MR) is 77.6 cm³/mol. The van der Waals surface area contributed by atoms with E-state index < -0.39 is 0 Å². The van der Waals surface area contributed by atoms with Gasteiger partial charge in [0.15, 0.2) is 0 Å². The van der Waals surface area contributed by atoms with Crippen LogP contribution in [0.4, 0.5) is 0 Å². The van der Waals surface area contributed by atoms with Crippen LogP contribution in [-0.4, -0.2) is 18.1 Å². The molecule has 0 fully saturated rings. The Morgan fingerprint density at radius 3 is 2.70 bits per heavy atom. The maximum atomic E-state index is 11.7. The van der Waals surface area contributed by atoms with Crippen LogP contribution < -0.4 is 0 Å². The van der Waals surface area contributed by atoms with Crippen LogP contribution in [0.2, 0.25) is 5.02 Å². The smallest absolute Gasteiger partial charge is 0.309 e. The molecule has 2 aromatic rings. The number of nitrogens with zero attached hydrogens (tertiary/aromatic N) is 1. The van der Waals surface area contributed by atoms with E-state index in [1.165, 1.54) is 7.11 Å². The van der Waals surface area contributed by atoms with E-state index >= 15 is 0 Å². The third-order valence-electron chi connectivity index (χ3n) is 3.70. The summed E-state index contributed by atoms with van der Waals surface area (Å²) < 4.78 is 4.83. The molecule has 1 aromatic carbocycles. The standard InChI is InChI=1S/C16H14ClNO2/c1-20-16(19)12-6-10-8-13(14(17)9-11(10)7-12)15-4-2-3-5-18-15/h2-5,8-9,12H,6-7H2,1H3. The number of hydrogen-bond donors (Lipinski definition) is 0. The molecule has 3 nitrogen and oxygen atoms in total. The van der Waals surface area contributed by atoms with Crippen molar-refractivity contribution in [1.82, 2.24) is 4.98 Å². The average molecular weight is 288 g/mol. The lowest BCUT2D eigenvalue weighted by Crippen LogP contribution is -2.15. The number of methoxy groups -OCH3 is 1. The van der Waals surface area contributed by atoms with E-state index in [1.807, 2.05) is 30.3 Å². The van der Waals surface area contributed by atoms with Crippen LogP contribution >= 0.6 is 11.6 Å². The minimum Gasteiger partial charge on any atom is -0.469 e. The lowest BCUT2D eigenvalue weighted by Gasteiger charge is -2.07. The normalized spacial score (nSPS) is 16.8. The van der Waals surface area contributed by atoms with E-state index in [0.29, 0.717) is 17.9 Å². The molecule has 1 aliphatic carbocycles. The summed E-state index contributed by atoms with van der Waals surface area (Å²) >= 11 is 6.35. The van der Waals surface area contributed by atoms with Gasteiger partial charge in [-0.3, -0.25) is 9.78 Å². The molecule has 0 saturated carbocycles. The van der Waals surface area contributed by atoms with E-state index in [4.69, 9.17) is 16.3 Å². The largest absolute Gasteiger partial charge is 0.469 e. The van der Waals surface area contributed by atoms with Gasteiger partial charge >= 0.3 is 5.97 Å². The Hall–Kier alpha value is -1.87. The van der Waals surface area contributed by atoms with Crippen LogP contribution in [0, 0.1) is 5.92 Å². The SMILES string of the molecule is COC(=O)C1Cc2cc(Cl)c(-c3ccccn3)cc2C1. The van der Waals surface area contributed by atoms with Gasteiger partial charge in [0.2, 0.25) is 0 Å². The van der Waals surface area contributed by atoms with Gasteiger partial charge in [0.05, 0.1) is 23.7 Å². The first kappa shape index (κ1) is 13.1. The molecule has 20 heavy (non-hydrogen) atoms. The maximum Gasteiger partial charge on any atom is 0.309 e. The molecular weight excluding hydrogens is 274 g/mol.